The molecular weight excluding hydrogens is 310 g/mol. The Morgan fingerprint density at radius 1 is 1.33 bits per heavy atom. The van der Waals surface area contributed by atoms with Crippen molar-refractivity contribution in [3.8, 4) is 0 Å². The molecule has 134 valence electrons. The standard InChI is InChI=1S/C18H27NO5/c1-12(11-20)5-7-16-8-9-17(14(3)24-16)19-18(22)10-6-13(2)23-15(4)21/h5-6,10-11,13-14,16-17H,7-9H2,1-4H3,(H,19,22)/b10-6-,12-5+/t13-,14+,16-,17+/m0/s1. The molecule has 1 aliphatic heterocycles. The number of hydrogen-bond acceptors (Lipinski definition) is 5. The normalized spacial score (nSPS) is 26.0. The molecule has 1 N–H and O–H groups in total. The van der Waals surface area contributed by atoms with Crippen molar-refractivity contribution in [3.05, 3.63) is 23.8 Å². The Bertz CT molecular complexity index is 512. The van der Waals surface area contributed by atoms with Gasteiger partial charge in [-0.2, -0.15) is 0 Å². The number of allylic oxidation sites excluding steroid dienone is 1. The molecule has 0 bridgehead atoms. The molecule has 0 aromatic carbocycles. The zero-order chi connectivity index (χ0) is 18.1. The first-order valence-corrected chi connectivity index (χ1v) is 8.25. The Kier molecular flexibility index (Phi) is 8.40. The Hall–Kier alpha value is -1.95. The van der Waals surface area contributed by atoms with Crippen molar-refractivity contribution in [2.45, 2.75) is 71.3 Å². The molecule has 0 aromatic heterocycles. The summed E-state index contributed by atoms with van der Waals surface area (Å²) in [5.74, 6) is -0.614. The van der Waals surface area contributed by atoms with Crippen molar-refractivity contribution < 1.29 is 23.9 Å². The van der Waals surface area contributed by atoms with Crippen LogP contribution in [0.3, 0.4) is 0 Å². The Morgan fingerprint density at radius 2 is 2.04 bits per heavy atom. The summed E-state index contributed by atoms with van der Waals surface area (Å²) in [6.07, 6.45) is 7.51. The predicted octanol–water partition coefficient (Wildman–Crippen LogP) is 2.08. The van der Waals surface area contributed by atoms with Gasteiger partial charge in [-0.25, -0.2) is 0 Å². The Morgan fingerprint density at radius 3 is 2.62 bits per heavy atom. The van der Waals surface area contributed by atoms with Gasteiger partial charge in [0.25, 0.3) is 0 Å². The molecular formula is C18H27NO5. The van der Waals surface area contributed by atoms with Crippen LogP contribution in [0.15, 0.2) is 23.8 Å². The van der Waals surface area contributed by atoms with E-state index in [4.69, 9.17) is 9.47 Å². The average molecular weight is 337 g/mol. The fourth-order valence-electron chi connectivity index (χ4n) is 2.55. The number of amides is 1. The highest BCUT2D eigenvalue weighted by molar-refractivity contribution is 5.87. The van der Waals surface area contributed by atoms with Crippen LogP contribution in [0.2, 0.25) is 0 Å². The van der Waals surface area contributed by atoms with E-state index in [1.807, 2.05) is 13.0 Å². The number of rotatable bonds is 7. The number of carbonyl (C=O) groups excluding carboxylic acids is 3. The lowest BCUT2D eigenvalue weighted by atomic mass is 9.97. The summed E-state index contributed by atoms with van der Waals surface area (Å²) in [4.78, 5) is 33.3. The van der Waals surface area contributed by atoms with Crippen molar-refractivity contribution in [2.75, 3.05) is 0 Å². The molecule has 0 aliphatic carbocycles. The van der Waals surface area contributed by atoms with Gasteiger partial charge in [0.1, 0.15) is 12.4 Å². The summed E-state index contributed by atoms with van der Waals surface area (Å²) in [6, 6.07) is -0.0569. The second-order valence-electron chi connectivity index (χ2n) is 6.13. The van der Waals surface area contributed by atoms with Gasteiger partial charge in [-0.1, -0.05) is 6.08 Å². The van der Waals surface area contributed by atoms with Gasteiger partial charge in [0.15, 0.2) is 0 Å². The molecule has 0 spiro atoms. The third-order valence-electron chi connectivity index (χ3n) is 3.86. The van der Waals surface area contributed by atoms with E-state index in [0.717, 1.165) is 19.1 Å². The Labute approximate surface area is 143 Å². The summed E-state index contributed by atoms with van der Waals surface area (Å²) < 4.78 is 10.8. The summed E-state index contributed by atoms with van der Waals surface area (Å²) in [7, 11) is 0. The van der Waals surface area contributed by atoms with E-state index < -0.39 is 6.10 Å². The maximum atomic E-state index is 11.9. The summed E-state index contributed by atoms with van der Waals surface area (Å²) >= 11 is 0. The monoisotopic (exact) mass is 337 g/mol. The van der Waals surface area contributed by atoms with Crippen molar-refractivity contribution in [2.24, 2.45) is 0 Å². The largest absolute Gasteiger partial charge is 0.459 e. The van der Waals surface area contributed by atoms with E-state index in [0.29, 0.717) is 12.0 Å². The molecule has 24 heavy (non-hydrogen) atoms. The van der Waals surface area contributed by atoms with Crippen LogP contribution in [-0.2, 0) is 23.9 Å². The topological polar surface area (TPSA) is 81.7 Å². The number of ether oxygens (including phenoxy) is 2. The van der Waals surface area contributed by atoms with E-state index >= 15 is 0 Å². The van der Waals surface area contributed by atoms with Gasteiger partial charge in [-0.3, -0.25) is 14.4 Å². The molecule has 6 heteroatoms. The van der Waals surface area contributed by atoms with Gasteiger partial charge >= 0.3 is 5.97 Å². The van der Waals surface area contributed by atoms with Gasteiger partial charge in [-0.05, 0) is 51.7 Å². The minimum Gasteiger partial charge on any atom is -0.459 e. The molecule has 1 aliphatic rings. The minimum absolute atomic E-state index is 0.0569. The first-order chi connectivity index (χ1) is 11.3. The molecule has 1 fully saturated rings. The molecule has 0 aromatic rings. The van der Waals surface area contributed by atoms with Gasteiger partial charge in [-0.15, -0.1) is 0 Å². The lowest BCUT2D eigenvalue weighted by molar-refractivity contribution is -0.143. The van der Waals surface area contributed by atoms with Gasteiger partial charge in [0.05, 0.1) is 18.2 Å². The SMILES string of the molecule is CC(=O)O[C@@H](C)/C=C\C(=O)N[C@@H]1CC[C@H](C/C=C(\C)C=O)O[C@@H]1C. The number of aldehydes is 1. The first kappa shape index (κ1) is 20.1. The molecule has 6 nitrogen and oxygen atoms in total. The van der Waals surface area contributed by atoms with Crippen molar-refractivity contribution in [3.63, 3.8) is 0 Å². The van der Waals surface area contributed by atoms with Gasteiger partial charge in [0.2, 0.25) is 5.91 Å². The highest BCUT2D eigenvalue weighted by Gasteiger charge is 2.28. The second kappa shape index (κ2) is 10.0. The highest BCUT2D eigenvalue weighted by atomic mass is 16.5. The average Bonchev–Trinajstić information content (AvgIpc) is 2.52. The quantitative estimate of drug-likeness (QED) is 0.437. The van der Waals surface area contributed by atoms with Crippen molar-refractivity contribution in [1.82, 2.24) is 5.32 Å². The molecule has 4 atom stereocenters. The van der Waals surface area contributed by atoms with Crippen molar-refractivity contribution >= 4 is 18.2 Å². The van der Waals surface area contributed by atoms with E-state index in [-0.39, 0.29) is 30.1 Å². The van der Waals surface area contributed by atoms with Crippen LogP contribution < -0.4 is 5.32 Å². The number of hydrogen-bond donors (Lipinski definition) is 1. The first-order valence-electron chi connectivity index (χ1n) is 8.25. The fourth-order valence-corrected chi connectivity index (χ4v) is 2.55. The smallest absolute Gasteiger partial charge is 0.303 e. The predicted molar refractivity (Wildman–Crippen MR) is 90.3 cm³/mol. The molecule has 0 saturated carbocycles. The Balaban J connectivity index is 2.42. The van der Waals surface area contributed by atoms with E-state index in [1.54, 1.807) is 19.9 Å². The summed E-state index contributed by atoms with van der Waals surface area (Å²) in [5, 5.41) is 2.91. The van der Waals surface area contributed by atoms with Crippen LogP contribution >= 0.6 is 0 Å². The molecule has 1 rings (SSSR count). The lowest BCUT2D eigenvalue weighted by Gasteiger charge is -2.34. The van der Waals surface area contributed by atoms with E-state index in [9.17, 15) is 14.4 Å². The number of carbonyl (C=O) groups is 3. The molecule has 0 unspecified atom stereocenters. The second-order valence-corrected chi connectivity index (χ2v) is 6.13. The van der Waals surface area contributed by atoms with Crippen LogP contribution in [0, 0.1) is 0 Å². The third-order valence-corrected chi connectivity index (χ3v) is 3.86. The summed E-state index contributed by atoms with van der Waals surface area (Å²) in [6.45, 7) is 6.72. The lowest BCUT2D eigenvalue weighted by Crippen LogP contribution is -2.47. The summed E-state index contributed by atoms with van der Waals surface area (Å²) in [5.41, 5.74) is 0.703. The molecule has 1 heterocycles. The van der Waals surface area contributed by atoms with E-state index in [1.165, 1.54) is 13.0 Å². The number of esters is 1. The fraction of sp³-hybridized carbons (Fsp3) is 0.611. The maximum absolute atomic E-state index is 11.9. The van der Waals surface area contributed by atoms with E-state index in [2.05, 4.69) is 5.32 Å². The molecule has 1 amide bonds. The maximum Gasteiger partial charge on any atom is 0.303 e. The third kappa shape index (κ3) is 7.55. The molecule has 0 radical (unpaired) electrons. The van der Waals surface area contributed by atoms with Crippen LogP contribution in [0.5, 0.6) is 0 Å². The van der Waals surface area contributed by atoms with Crippen LogP contribution in [0.1, 0.15) is 47.0 Å². The van der Waals surface area contributed by atoms with Gasteiger partial charge in [0, 0.05) is 13.0 Å². The van der Waals surface area contributed by atoms with Crippen LogP contribution in [-0.4, -0.2) is 42.5 Å². The molecule has 1 saturated heterocycles. The van der Waals surface area contributed by atoms with Crippen LogP contribution in [0.25, 0.3) is 0 Å². The minimum atomic E-state index is -0.439. The van der Waals surface area contributed by atoms with Gasteiger partial charge < -0.3 is 14.8 Å². The number of nitrogens with one attached hydrogen (secondary N) is 1. The van der Waals surface area contributed by atoms with Crippen molar-refractivity contribution in [1.29, 1.82) is 0 Å². The zero-order valence-corrected chi connectivity index (χ0v) is 14.8. The highest BCUT2D eigenvalue weighted by Crippen LogP contribution is 2.22. The zero-order valence-electron chi connectivity index (χ0n) is 14.8. The van der Waals surface area contributed by atoms with Crippen LogP contribution in [0.4, 0.5) is 0 Å².